The molecule has 1 aromatic rings. The maximum Gasteiger partial charge on any atom is 0.136 e. The molecule has 19 heavy (non-hydrogen) atoms. The van der Waals surface area contributed by atoms with Crippen LogP contribution in [0.1, 0.15) is 11.1 Å². The van der Waals surface area contributed by atoms with Gasteiger partial charge in [-0.2, -0.15) is 5.26 Å². The largest absolute Gasteiger partial charge is 0.495 e. The van der Waals surface area contributed by atoms with Gasteiger partial charge in [0.2, 0.25) is 0 Å². The number of hydrogen-bond donors (Lipinski definition) is 1. The molecule has 0 spiro atoms. The van der Waals surface area contributed by atoms with Crippen LogP contribution in [0.2, 0.25) is 0 Å². The van der Waals surface area contributed by atoms with Crippen molar-refractivity contribution < 1.29 is 14.2 Å². The Bertz CT molecular complexity index is 450. The lowest BCUT2D eigenvalue weighted by molar-refractivity contribution is -0.0357. The van der Waals surface area contributed by atoms with E-state index in [9.17, 15) is 0 Å². The molecule has 1 fully saturated rings. The Labute approximate surface area is 113 Å². The number of methoxy groups -OCH3 is 1. The SMILES string of the molecule is COc1cc(COCC2CNCCO2)ccc1C#N. The third kappa shape index (κ3) is 3.93. The van der Waals surface area contributed by atoms with Crippen LogP contribution >= 0.6 is 0 Å². The van der Waals surface area contributed by atoms with Gasteiger partial charge in [-0.1, -0.05) is 6.07 Å². The van der Waals surface area contributed by atoms with E-state index in [2.05, 4.69) is 11.4 Å². The van der Waals surface area contributed by atoms with Crippen LogP contribution in [0.25, 0.3) is 0 Å². The standard InChI is InChI=1S/C14H18N2O3/c1-17-14-6-11(2-3-12(14)7-15)9-18-10-13-8-16-4-5-19-13/h2-3,6,13,16H,4-5,8-10H2,1H3. The quantitative estimate of drug-likeness (QED) is 0.860. The molecule has 1 aliphatic rings. The zero-order chi connectivity index (χ0) is 13.5. The van der Waals surface area contributed by atoms with Crippen molar-refractivity contribution in [2.75, 3.05) is 33.4 Å². The van der Waals surface area contributed by atoms with Crippen LogP contribution in [-0.2, 0) is 16.1 Å². The Balaban J connectivity index is 1.84. The number of morpholine rings is 1. The normalized spacial score (nSPS) is 18.8. The van der Waals surface area contributed by atoms with Crippen molar-refractivity contribution in [1.29, 1.82) is 5.26 Å². The number of nitrogens with zero attached hydrogens (tertiary/aromatic N) is 1. The summed E-state index contributed by atoms with van der Waals surface area (Å²) in [5.41, 5.74) is 1.52. The first-order chi connectivity index (χ1) is 9.33. The van der Waals surface area contributed by atoms with Gasteiger partial charge in [0.25, 0.3) is 0 Å². The summed E-state index contributed by atoms with van der Waals surface area (Å²) in [7, 11) is 1.56. The minimum atomic E-state index is 0.119. The highest BCUT2D eigenvalue weighted by molar-refractivity contribution is 5.45. The zero-order valence-corrected chi connectivity index (χ0v) is 11.0. The molecule has 0 bridgehead atoms. The van der Waals surface area contributed by atoms with E-state index in [1.807, 2.05) is 12.1 Å². The molecule has 5 nitrogen and oxygen atoms in total. The number of ether oxygens (including phenoxy) is 3. The third-order valence-corrected chi connectivity index (χ3v) is 2.96. The summed E-state index contributed by atoms with van der Waals surface area (Å²) in [5.74, 6) is 0.583. The highest BCUT2D eigenvalue weighted by atomic mass is 16.5. The Morgan fingerprint density at radius 3 is 3.11 bits per heavy atom. The van der Waals surface area contributed by atoms with Crippen molar-refractivity contribution in [3.63, 3.8) is 0 Å². The van der Waals surface area contributed by atoms with Crippen molar-refractivity contribution in [2.45, 2.75) is 12.7 Å². The minimum Gasteiger partial charge on any atom is -0.495 e. The van der Waals surface area contributed by atoms with E-state index in [0.29, 0.717) is 24.5 Å². The lowest BCUT2D eigenvalue weighted by Gasteiger charge is -2.23. The van der Waals surface area contributed by atoms with Crippen molar-refractivity contribution in [3.05, 3.63) is 29.3 Å². The maximum absolute atomic E-state index is 8.90. The Morgan fingerprint density at radius 2 is 2.42 bits per heavy atom. The number of rotatable bonds is 5. The van der Waals surface area contributed by atoms with Crippen LogP contribution in [0.5, 0.6) is 5.75 Å². The second-order valence-electron chi connectivity index (χ2n) is 4.36. The van der Waals surface area contributed by atoms with Gasteiger partial charge in [-0.25, -0.2) is 0 Å². The molecule has 0 amide bonds. The van der Waals surface area contributed by atoms with Gasteiger partial charge in [0.05, 0.1) is 38.6 Å². The van der Waals surface area contributed by atoms with E-state index in [-0.39, 0.29) is 6.10 Å². The molecule has 1 aliphatic heterocycles. The number of nitriles is 1. The van der Waals surface area contributed by atoms with Crippen LogP contribution in [0.3, 0.4) is 0 Å². The summed E-state index contributed by atoms with van der Waals surface area (Å²) in [6, 6.07) is 7.54. The zero-order valence-electron chi connectivity index (χ0n) is 11.0. The van der Waals surface area contributed by atoms with Crippen LogP contribution in [0.4, 0.5) is 0 Å². The van der Waals surface area contributed by atoms with Gasteiger partial charge in [-0.05, 0) is 17.7 Å². The molecular weight excluding hydrogens is 244 g/mol. The summed E-state index contributed by atoms with van der Waals surface area (Å²) in [4.78, 5) is 0. The van der Waals surface area contributed by atoms with Crippen molar-refractivity contribution in [3.8, 4) is 11.8 Å². The van der Waals surface area contributed by atoms with Crippen LogP contribution in [0.15, 0.2) is 18.2 Å². The Morgan fingerprint density at radius 1 is 1.53 bits per heavy atom. The first-order valence-electron chi connectivity index (χ1n) is 6.30. The third-order valence-electron chi connectivity index (χ3n) is 2.96. The molecule has 0 aromatic heterocycles. The average Bonchev–Trinajstić information content (AvgIpc) is 2.48. The Hall–Kier alpha value is -1.61. The molecule has 0 radical (unpaired) electrons. The fraction of sp³-hybridized carbons (Fsp3) is 0.500. The smallest absolute Gasteiger partial charge is 0.136 e. The molecule has 1 aromatic carbocycles. The van der Waals surface area contributed by atoms with Crippen molar-refractivity contribution in [2.24, 2.45) is 0 Å². The second-order valence-corrected chi connectivity index (χ2v) is 4.36. The average molecular weight is 262 g/mol. The number of hydrogen-bond acceptors (Lipinski definition) is 5. The lowest BCUT2D eigenvalue weighted by Crippen LogP contribution is -2.40. The molecule has 0 saturated carbocycles. The van der Waals surface area contributed by atoms with Gasteiger partial charge in [0, 0.05) is 13.1 Å². The molecule has 5 heteroatoms. The number of nitrogens with one attached hydrogen (secondary N) is 1. The predicted octanol–water partition coefficient (Wildman–Crippen LogP) is 1.07. The molecule has 1 unspecified atom stereocenters. The number of benzene rings is 1. The highest BCUT2D eigenvalue weighted by Crippen LogP contribution is 2.19. The Kier molecular flexibility index (Phi) is 5.16. The summed E-state index contributed by atoms with van der Waals surface area (Å²) in [6.07, 6.45) is 0.119. The summed E-state index contributed by atoms with van der Waals surface area (Å²) >= 11 is 0. The topological polar surface area (TPSA) is 63.5 Å². The summed E-state index contributed by atoms with van der Waals surface area (Å²) < 4.78 is 16.3. The molecule has 102 valence electrons. The van der Waals surface area contributed by atoms with E-state index >= 15 is 0 Å². The molecule has 1 saturated heterocycles. The molecular formula is C14H18N2O3. The second kappa shape index (κ2) is 7.10. The van der Waals surface area contributed by atoms with E-state index in [1.165, 1.54) is 0 Å². The van der Waals surface area contributed by atoms with Crippen molar-refractivity contribution in [1.82, 2.24) is 5.32 Å². The minimum absolute atomic E-state index is 0.119. The monoisotopic (exact) mass is 262 g/mol. The van der Waals surface area contributed by atoms with Crippen LogP contribution in [-0.4, -0.2) is 39.5 Å². The van der Waals surface area contributed by atoms with Gasteiger partial charge in [-0.3, -0.25) is 0 Å². The molecule has 2 rings (SSSR count). The first-order valence-corrected chi connectivity index (χ1v) is 6.30. The van der Waals surface area contributed by atoms with Gasteiger partial charge >= 0.3 is 0 Å². The van der Waals surface area contributed by atoms with Gasteiger partial charge in [-0.15, -0.1) is 0 Å². The first kappa shape index (κ1) is 13.8. The van der Waals surface area contributed by atoms with E-state index in [1.54, 1.807) is 13.2 Å². The van der Waals surface area contributed by atoms with Gasteiger partial charge < -0.3 is 19.5 Å². The van der Waals surface area contributed by atoms with E-state index in [4.69, 9.17) is 19.5 Å². The molecule has 1 atom stereocenters. The van der Waals surface area contributed by atoms with Gasteiger partial charge in [0.1, 0.15) is 11.8 Å². The van der Waals surface area contributed by atoms with Crippen LogP contribution in [0, 0.1) is 11.3 Å². The molecule has 1 N–H and O–H groups in total. The van der Waals surface area contributed by atoms with E-state index < -0.39 is 0 Å². The van der Waals surface area contributed by atoms with E-state index in [0.717, 1.165) is 25.3 Å². The summed E-state index contributed by atoms with van der Waals surface area (Å²) in [6.45, 7) is 3.52. The fourth-order valence-corrected chi connectivity index (χ4v) is 1.95. The fourth-order valence-electron chi connectivity index (χ4n) is 1.95. The predicted molar refractivity (Wildman–Crippen MR) is 70.0 cm³/mol. The maximum atomic E-state index is 8.90. The molecule has 1 heterocycles. The van der Waals surface area contributed by atoms with Gasteiger partial charge in [0.15, 0.2) is 0 Å². The highest BCUT2D eigenvalue weighted by Gasteiger charge is 2.13. The lowest BCUT2D eigenvalue weighted by atomic mass is 10.1. The van der Waals surface area contributed by atoms with Crippen molar-refractivity contribution >= 4 is 0 Å². The molecule has 0 aliphatic carbocycles. The van der Waals surface area contributed by atoms with Crippen LogP contribution < -0.4 is 10.1 Å². The summed E-state index contributed by atoms with van der Waals surface area (Å²) in [5, 5.41) is 12.2.